The first kappa shape index (κ1) is 16.1. The highest BCUT2D eigenvalue weighted by Gasteiger charge is 2.39. The van der Waals surface area contributed by atoms with Crippen LogP contribution in [-0.2, 0) is 0 Å². The van der Waals surface area contributed by atoms with Crippen LogP contribution in [0.25, 0.3) is 10.9 Å². The van der Waals surface area contributed by atoms with E-state index >= 15 is 0 Å². The lowest BCUT2D eigenvalue weighted by atomic mass is 10.0. The second kappa shape index (κ2) is 5.59. The molecule has 0 bridgehead atoms. The molecular formula is C19H17N3O4. The van der Waals surface area contributed by atoms with Gasteiger partial charge in [-0.15, -0.1) is 0 Å². The summed E-state index contributed by atoms with van der Waals surface area (Å²) in [6, 6.07) is 15.3. The molecule has 0 atom stereocenters. The summed E-state index contributed by atoms with van der Waals surface area (Å²) in [7, 11) is 0. The van der Waals surface area contributed by atoms with Crippen molar-refractivity contribution in [3.63, 3.8) is 0 Å². The first-order valence-corrected chi connectivity index (χ1v) is 8.22. The highest BCUT2D eigenvalue weighted by Crippen LogP contribution is 2.42. The maximum absolute atomic E-state index is 13.0. The van der Waals surface area contributed by atoms with E-state index in [2.05, 4.69) is 0 Å². The number of rotatable bonds is 2. The number of aromatic nitrogens is 1. The molecule has 7 heteroatoms. The summed E-state index contributed by atoms with van der Waals surface area (Å²) >= 11 is 0. The van der Waals surface area contributed by atoms with Crippen molar-refractivity contribution in [2.24, 2.45) is 0 Å². The van der Waals surface area contributed by atoms with Crippen molar-refractivity contribution < 1.29 is 14.4 Å². The van der Waals surface area contributed by atoms with Crippen molar-refractivity contribution in [1.29, 1.82) is 0 Å². The minimum absolute atomic E-state index is 0.0460. The summed E-state index contributed by atoms with van der Waals surface area (Å²) in [6.07, 6.45) is 0. The standard InChI is InChI=1S/C19H17N3O4/c1-19(2)12-20(16-11-14(22(24)25)8-9-17(16)26-19)18-10-7-13-5-3-4-6-15(13)21(18)23/h3-11H,12H2,1-2H3. The molecule has 7 nitrogen and oxygen atoms in total. The van der Waals surface area contributed by atoms with Gasteiger partial charge in [0.2, 0.25) is 0 Å². The van der Waals surface area contributed by atoms with E-state index in [0.717, 1.165) is 10.1 Å². The first-order valence-electron chi connectivity index (χ1n) is 8.22. The normalized spacial score (nSPS) is 15.4. The van der Waals surface area contributed by atoms with Crippen molar-refractivity contribution >= 4 is 28.1 Å². The van der Waals surface area contributed by atoms with Crippen molar-refractivity contribution in [3.8, 4) is 5.75 Å². The summed E-state index contributed by atoms with van der Waals surface area (Å²) in [5, 5.41) is 25.0. The third-order valence-corrected chi connectivity index (χ3v) is 4.42. The molecule has 0 fully saturated rings. The van der Waals surface area contributed by atoms with Gasteiger partial charge in [-0.3, -0.25) is 10.1 Å². The predicted molar refractivity (Wildman–Crippen MR) is 97.7 cm³/mol. The minimum Gasteiger partial charge on any atom is -0.710 e. The van der Waals surface area contributed by atoms with Crippen LogP contribution in [0.1, 0.15) is 13.8 Å². The molecule has 0 radical (unpaired) electrons. The van der Waals surface area contributed by atoms with Crippen LogP contribution in [0.4, 0.5) is 17.2 Å². The van der Waals surface area contributed by atoms with Gasteiger partial charge in [0.15, 0.2) is 11.4 Å². The van der Waals surface area contributed by atoms with Crippen molar-refractivity contribution in [1.82, 2.24) is 0 Å². The van der Waals surface area contributed by atoms with Crippen LogP contribution >= 0.6 is 0 Å². The zero-order chi connectivity index (χ0) is 18.5. The number of non-ortho nitro benzene ring substituents is 1. The number of ether oxygens (including phenoxy) is 1. The number of hydrogen-bond acceptors (Lipinski definition) is 5. The van der Waals surface area contributed by atoms with E-state index in [-0.39, 0.29) is 5.69 Å². The van der Waals surface area contributed by atoms with Crippen LogP contribution in [0.15, 0.2) is 54.6 Å². The Morgan fingerprint density at radius 1 is 1.15 bits per heavy atom. The molecule has 0 unspecified atom stereocenters. The van der Waals surface area contributed by atoms with E-state index in [4.69, 9.17) is 4.74 Å². The molecule has 1 aromatic heterocycles. The molecule has 0 N–H and O–H groups in total. The molecule has 1 aliphatic heterocycles. The van der Waals surface area contributed by atoms with Crippen LogP contribution in [0.3, 0.4) is 0 Å². The largest absolute Gasteiger partial charge is 0.710 e. The Morgan fingerprint density at radius 3 is 2.69 bits per heavy atom. The van der Waals surface area contributed by atoms with Crippen LogP contribution in [0.5, 0.6) is 5.75 Å². The second-order valence-electron chi connectivity index (χ2n) is 6.90. The number of nitro groups is 1. The third-order valence-electron chi connectivity index (χ3n) is 4.42. The smallest absolute Gasteiger partial charge is 0.285 e. The third kappa shape index (κ3) is 2.57. The fraction of sp³-hybridized carbons (Fsp3) is 0.211. The molecule has 0 saturated carbocycles. The SMILES string of the molecule is CC1(C)CN(c2ccc3ccccc3[n+]2[O-])c2cc([N+](=O)[O-])ccc2O1. The highest BCUT2D eigenvalue weighted by molar-refractivity contribution is 5.78. The second-order valence-corrected chi connectivity index (χ2v) is 6.90. The number of hydrogen-bond donors (Lipinski definition) is 0. The van der Waals surface area contributed by atoms with Crippen molar-refractivity contribution in [2.45, 2.75) is 19.4 Å². The Hall–Kier alpha value is -3.35. The van der Waals surface area contributed by atoms with E-state index in [1.165, 1.54) is 12.1 Å². The number of nitro benzene ring substituents is 1. The van der Waals surface area contributed by atoms with Crippen molar-refractivity contribution in [2.75, 3.05) is 11.4 Å². The Labute approximate surface area is 149 Å². The Kier molecular flexibility index (Phi) is 3.47. The molecule has 2 heterocycles. The summed E-state index contributed by atoms with van der Waals surface area (Å²) in [6.45, 7) is 4.23. The minimum atomic E-state index is -0.554. The number of anilines is 2. The molecule has 3 aromatic rings. The first-order chi connectivity index (χ1) is 12.4. The molecule has 26 heavy (non-hydrogen) atoms. The zero-order valence-electron chi connectivity index (χ0n) is 14.4. The lowest BCUT2D eigenvalue weighted by Crippen LogP contribution is -2.48. The van der Waals surface area contributed by atoms with E-state index in [9.17, 15) is 15.3 Å². The van der Waals surface area contributed by atoms with Gasteiger partial charge in [-0.2, -0.15) is 0 Å². The van der Waals surface area contributed by atoms with E-state index < -0.39 is 10.5 Å². The number of nitrogens with zero attached hydrogens (tertiary/aromatic N) is 3. The van der Waals surface area contributed by atoms with Gasteiger partial charge < -0.3 is 9.94 Å². The van der Waals surface area contributed by atoms with E-state index in [1.807, 2.05) is 38.1 Å². The number of pyridine rings is 1. The van der Waals surface area contributed by atoms with Crippen LogP contribution < -0.4 is 14.4 Å². The molecule has 0 amide bonds. The van der Waals surface area contributed by atoms with Gasteiger partial charge in [0, 0.05) is 17.5 Å². The summed E-state index contributed by atoms with van der Waals surface area (Å²) in [5.41, 5.74) is 0.455. The molecule has 0 spiro atoms. The Balaban J connectivity index is 1.93. The van der Waals surface area contributed by atoms with Crippen LogP contribution in [0, 0.1) is 15.3 Å². The van der Waals surface area contributed by atoms with Crippen LogP contribution in [-0.4, -0.2) is 17.1 Å². The quantitative estimate of drug-likeness (QED) is 0.304. The molecule has 2 aromatic carbocycles. The molecular weight excluding hydrogens is 334 g/mol. The fourth-order valence-electron chi connectivity index (χ4n) is 3.29. The monoisotopic (exact) mass is 351 g/mol. The molecule has 0 aliphatic carbocycles. The molecule has 1 aliphatic rings. The van der Waals surface area contributed by atoms with Gasteiger partial charge in [0.1, 0.15) is 17.7 Å². The van der Waals surface area contributed by atoms with E-state index in [0.29, 0.717) is 29.3 Å². The van der Waals surface area contributed by atoms with Gasteiger partial charge in [-0.25, -0.2) is 9.63 Å². The van der Waals surface area contributed by atoms with Crippen LogP contribution in [0.2, 0.25) is 0 Å². The lowest BCUT2D eigenvalue weighted by molar-refractivity contribution is -0.563. The molecule has 4 rings (SSSR count). The lowest BCUT2D eigenvalue weighted by Gasteiger charge is -2.36. The van der Waals surface area contributed by atoms with E-state index in [1.54, 1.807) is 23.1 Å². The number of fused-ring (bicyclic) bond motifs is 2. The van der Waals surface area contributed by atoms with Gasteiger partial charge in [0.05, 0.1) is 11.0 Å². The highest BCUT2D eigenvalue weighted by atomic mass is 16.6. The molecule has 132 valence electrons. The zero-order valence-corrected chi connectivity index (χ0v) is 14.4. The maximum atomic E-state index is 13.0. The Bertz CT molecular complexity index is 1030. The van der Waals surface area contributed by atoms with Gasteiger partial charge in [0.25, 0.3) is 11.5 Å². The summed E-state index contributed by atoms with van der Waals surface area (Å²) in [4.78, 5) is 12.5. The molecule has 0 saturated heterocycles. The fourth-order valence-corrected chi connectivity index (χ4v) is 3.29. The summed E-state index contributed by atoms with van der Waals surface area (Å²) < 4.78 is 6.82. The topological polar surface area (TPSA) is 82.5 Å². The van der Waals surface area contributed by atoms with Gasteiger partial charge in [-0.1, -0.05) is 18.2 Å². The number of para-hydroxylation sites is 1. The maximum Gasteiger partial charge on any atom is 0.285 e. The average molecular weight is 351 g/mol. The Morgan fingerprint density at radius 2 is 1.92 bits per heavy atom. The average Bonchev–Trinajstić information content (AvgIpc) is 2.60. The predicted octanol–water partition coefficient (Wildman–Crippen LogP) is 3.69. The summed E-state index contributed by atoms with van der Waals surface area (Å²) in [5.74, 6) is 0.918. The van der Waals surface area contributed by atoms with Gasteiger partial charge in [-0.05, 0) is 32.0 Å². The van der Waals surface area contributed by atoms with Crippen molar-refractivity contribution in [3.05, 3.63) is 69.9 Å². The van der Waals surface area contributed by atoms with Gasteiger partial charge >= 0.3 is 0 Å². The number of benzene rings is 2.